The third kappa shape index (κ3) is 3.48. The predicted molar refractivity (Wildman–Crippen MR) is 96.8 cm³/mol. The molecule has 0 fully saturated rings. The van der Waals surface area contributed by atoms with Crippen molar-refractivity contribution in [1.82, 2.24) is 4.98 Å². The van der Waals surface area contributed by atoms with Crippen molar-refractivity contribution in [3.63, 3.8) is 0 Å². The van der Waals surface area contributed by atoms with Gasteiger partial charge in [-0.05, 0) is 42.3 Å². The van der Waals surface area contributed by atoms with Crippen LogP contribution in [0.2, 0.25) is 0 Å². The fourth-order valence-corrected chi connectivity index (χ4v) is 2.43. The number of rotatable bonds is 3. The molecule has 0 aliphatic heterocycles. The zero-order chi connectivity index (χ0) is 17.8. The normalized spacial score (nSPS) is 11.1. The number of nitriles is 1. The monoisotopic (exact) mass is 329 g/mol. The molecule has 2 N–H and O–H groups in total. The molecule has 2 aromatic carbocycles. The van der Waals surface area contributed by atoms with Crippen molar-refractivity contribution in [3.05, 3.63) is 71.4 Å². The predicted octanol–water partition coefficient (Wildman–Crippen LogP) is 3.79. The number of para-hydroxylation sites is 1. The van der Waals surface area contributed by atoms with Crippen LogP contribution in [-0.2, 0) is 4.79 Å². The number of nitrogens with zero attached hydrogens (tertiary/aromatic N) is 2. The maximum atomic E-state index is 12.5. The number of fused-ring (bicyclic) bond motifs is 1. The second-order valence-electron chi connectivity index (χ2n) is 5.55. The molecular formula is C20H15N3O2. The Labute approximate surface area is 144 Å². The van der Waals surface area contributed by atoms with Gasteiger partial charge in [-0.1, -0.05) is 30.3 Å². The lowest BCUT2D eigenvalue weighted by atomic mass is 10.1. The van der Waals surface area contributed by atoms with Crippen LogP contribution in [0, 0.1) is 18.3 Å². The second-order valence-corrected chi connectivity index (χ2v) is 5.55. The third-order valence-electron chi connectivity index (χ3n) is 3.79. The van der Waals surface area contributed by atoms with E-state index in [-0.39, 0.29) is 11.3 Å². The molecule has 0 unspecified atom stereocenters. The Balaban J connectivity index is 1.91. The molecule has 3 aromatic rings. The SMILES string of the molecule is Cc1ccc(/C=C(\C#N)C(=O)Nc2cccc3cccnc23)cc1O. The molecule has 25 heavy (non-hydrogen) atoms. The van der Waals surface area contributed by atoms with E-state index in [9.17, 15) is 15.2 Å². The van der Waals surface area contributed by atoms with E-state index in [0.29, 0.717) is 16.8 Å². The third-order valence-corrected chi connectivity index (χ3v) is 3.79. The van der Waals surface area contributed by atoms with Gasteiger partial charge in [0.05, 0.1) is 11.2 Å². The number of nitrogens with one attached hydrogen (secondary N) is 1. The molecule has 0 bridgehead atoms. The zero-order valence-corrected chi connectivity index (χ0v) is 13.5. The van der Waals surface area contributed by atoms with Gasteiger partial charge in [0.25, 0.3) is 5.91 Å². The molecule has 5 heteroatoms. The number of benzene rings is 2. The first kappa shape index (κ1) is 16.2. The summed E-state index contributed by atoms with van der Waals surface area (Å²) < 4.78 is 0. The molecule has 0 spiro atoms. The van der Waals surface area contributed by atoms with Gasteiger partial charge in [-0.3, -0.25) is 9.78 Å². The average Bonchev–Trinajstić information content (AvgIpc) is 2.63. The van der Waals surface area contributed by atoms with Crippen molar-refractivity contribution in [2.75, 3.05) is 5.32 Å². The summed E-state index contributed by atoms with van der Waals surface area (Å²) >= 11 is 0. The van der Waals surface area contributed by atoms with Crippen LogP contribution in [0.1, 0.15) is 11.1 Å². The van der Waals surface area contributed by atoms with E-state index in [1.54, 1.807) is 31.3 Å². The maximum absolute atomic E-state index is 12.5. The summed E-state index contributed by atoms with van der Waals surface area (Å²) in [5.74, 6) is -0.412. The fourth-order valence-electron chi connectivity index (χ4n) is 2.43. The molecule has 0 saturated heterocycles. The van der Waals surface area contributed by atoms with Gasteiger partial charge in [0.1, 0.15) is 17.4 Å². The minimum absolute atomic E-state index is 0.0591. The minimum Gasteiger partial charge on any atom is -0.508 e. The molecule has 1 amide bonds. The number of aryl methyl sites for hydroxylation is 1. The van der Waals surface area contributed by atoms with Crippen molar-refractivity contribution in [2.24, 2.45) is 0 Å². The Morgan fingerprint density at radius 2 is 2.04 bits per heavy atom. The number of phenols is 1. The Hall–Kier alpha value is -3.65. The first-order chi connectivity index (χ1) is 12.1. The van der Waals surface area contributed by atoms with Crippen LogP contribution in [0.3, 0.4) is 0 Å². The molecule has 0 aliphatic carbocycles. The highest BCUT2D eigenvalue weighted by molar-refractivity contribution is 6.12. The summed E-state index contributed by atoms with van der Waals surface area (Å²) in [6.07, 6.45) is 3.08. The molecule has 1 heterocycles. The summed E-state index contributed by atoms with van der Waals surface area (Å²) in [5, 5.41) is 22.7. The standard InChI is InChI=1S/C20H15N3O2/c1-13-7-8-14(11-18(13)24)10-16(12-21)20(25)23-17-6-2-4-15-5-3-9-22-19(15)17/h2-11,24H,1H3,(H,23,25)/b16-10+. The lowest BCUT2D eigenvalue weighted by Crippen LogP contribution is -2.13. The highest BCUT2D eigenvalue weighted by Crippen LogP contribution is 2.22. The van der Waals surface area contributed by atoms with E-state index in [1.807, 2.05) is 30.3 Å². The number of phenolic OH excluding ortho intramolecular Hbond substituents is 1. The summed E-state index contributed by atoms with van der Waals surface area (Å²) in [6, 6.07) is 16.0. The van der Waals surface area contributed by atoms with E-state index < -0.39 is 5.91 Å². The summed E-state index contributed by atoms with van der Waals surface area (Å²) in [6.45, 7) is 1.77. The van der Waals surface area contributed by atoms with Gasteiger partial charge in [-0.2, -0.15) is 5.26 Å². The first-order valence-corrected chi connectivity index (χ1v) is 7.65. The molecule has 0 aliphatic rings. The van der Waals surface area contributed by atoms with Crippen molar-refractivity contribution in [3.8, 4) is 11.8 Å². The van der Waals surface area contributed by atoms with Gasteiger partial charge in [0.15, 0.2) is 0 Å². The van der Waals surface area contributed by atoms with Gasteiger partial charge >= 0.3 is 0 Å². The van der Waals surface area contributed by atoms with Gasteiger partial charge in [-0.15, -0.1) is 0 Å². The number of aromatic nitrogens is 1. The number of carbonyl (C=O) groups excluding carboxylic acids is 1. The second kappa shape index (κ2) is 6.85. The highest BCUT2D eigenvalue weighted by atomic mass is 16.3. The molecule has 122 valence electrons. The number of carbonyl (C=O) groups is 1. The van der Waals surface area contributed by atoms with Crippen LogP contribution in [-0.4, -0.2) is 16.0 Å². The lowest BCUT2D eigenvalue weighted by Gasteiger charge is -2.07. The van der Waals surface area contributed by atoms with E-state index in [0.717, 1.165) is 10.9 Å². The van der Waals surface area contributed by atoms with Crippen molar-refractivity contribution in [2.45, 2.75) is 6.92 Å². The molecule has 5 nitrogen and oxygen atoms in total. The largest absolute Gasteiger partial charge is 0.508 e. The van der Waals surface area contributed by atoms with Gasteiger partial charge in [0, 0.05) is 11.6 Å². The molecular weight excluding hydrogens is 314 g/mol. The Bertz CT molecular complexity index is 1030. The van der Waals surface area contributed by atoms with Crippen molar-refractivity contribution in [1.29, 1.82) is 5.26 Å². The number of pyridine rings is 1. The number of amides is 1. The van der Waals surface area contributed by atoms with E-state index in [2.05, 4.69) is 10.3 Å². The zero-order valence-electron chi connectivity index (χ0n) is 13.5. The Morgan fingerprint density at radius 1 is 1.24 bits per heavy atom. The van der Waals surface area contributed by atoms with Gasteiger partial charge in [0.2, 0.25) is 0 Å². The average molecular weight is 329 g/mol. The van der Waals surface area contributed by atoms with Crippen LogP contribution in [0.5, 0.6) is 5.75 Å². The smallest absolute Gasteiger partial charge is 0.266 e. The summed E-state index contributed by atoms with van der Waals surface area (Å²) in [5.41, 5.74) is 2.43. The van der Waals surface area contributed by atoms with Crippen LogP contribution >= 0.6 is 0 Å². The quantitative estimate of drug-likeness (QED) is 0.565. The Morgan fingerprint density at radius 3 is 2.80 bits per heavy atom. The maximum Gasteiger partial charge on any atom is 0.266 e. The van der Waals surface area contributed by atoms with E-state index in [1.165, 1.54) is 12.1 Å². The fraction of sp³-hybridized carbons (Fsp3) is 0.0500. The molecule has 0 radical (unpaired) electrons. The molecule has 0 saturated carbocycles. The number of aromatic hydroxyl groups is 1. The van der Waals surface area contributed by atoms with Crippen LogP contribution in [0.15, 0.2) is 60.3 Å². The van der Waals surface area contributed by atoms with E-state index >= 15 is 0 Å². The first-order valence-electron chi connectivity index (χ1n) is 7.65. The van der Waals surface area contributed by atoms with Crippen LogP contribution in [0.4, 0.5) is 5.69 Å². The summed E-state index contributed by atoms with van der Waals surface area (Å²) in [4.78, 5) is 16.7. The molecule has 1 aromatic heterocycles. The lowest BCUT2D eigenvalue weighted by molar-refractivity contribution is -0.112. The number of hydrogen-bond donors (Lipinski definition) is 2. The van der Waals surface area contributed by atoms with Gasteiger partial charge < -0.3 is 10.4 Å². The minimum atomic E-state index is -0.527. The Kier molecular flexibility index (Phi) is 4.44. The topological polar surface area (TPSA) is 86.0 Å². The highest BCUT2D eigenvalue weighted by Gasteiger charge is 2.12. The van der Waals surface area contributed by atoms with Crippen LogP contribution < -0.4 is 5.32 Å². The molecule has 3 rings (SSSR count). The van der Waals surface area contributed by atoms with E-state index in [4.69, 9.17) is 0 Å². The van der Waals surface area contributed by atoms with Crippen LogP contribution in [0.25, 0.3) is 17.0 Å². The summed E-state index contributed by atoms with van der Waals surface area (Å²) in [7, 11) is 0. The molecule has 0 atom stereocenters. The number of anilines is 1. The van der Waals surface area contributed by atoms with Crippen molar-refractivity contribution < 1.29 is 9.90 Å². The number of hydrogen-bond acceptors (Lipinski definition) is 4. The van der Waals surface area contributed by atoms with Gasteiger partial charge in [-0.25, -0.2) is 0 Å². The van der Waals surface area contributed by atoms with Crippen molar-refractivity contribution >= 4 is 28.6 Å².